The highest BCUT2D eigenvalue weighted by atomic mass is 16.6. The molecule has 0 unspecified atom stereocenters. The summed E-state index contributed by atoms with van der Waals surface area (Å²) in [6, 6.07) is 6.09. The Morgan fingerprint density at radius 3 is 2.80 bits per heavy atom. The van der Waals surface area contributed by atoms with E-state index in [0.29, 0.717) is 0 Å². The number of benzene rings is 1. The highest BCUT2D eigenvalue weighted by molar-refractivity contribution is 5.76. The molecule has 0 heterocycles. The Bertz CT molecular complexity index is 379. The molecule has 0 fully saturated rings. The number of ether oxygens (including phenoxy) is 1. The smallest absolute Gasteiger partial charge is 0.310 e. The predicted molar refractivity (Wildman–Crippen MR) is 55.1 cm³/mol. The molecular formula is C9H11N3O3. The summed E-state index contributed by atoms with van der Waals surface area (Å²) in [5.41, 5.74) is 5.04. The normalized spacial score (nSPS) is 9.60. The second-order valence-corrected chi connectivity index (χ2v) is 2.85. The summed E-state index contributed by atoms with van der Waals surface area (Å²) >= 11 is 0. The lowest BCUT2D eigenvalue weighted by Crippen LogP contribution is -2.14. The first-order valence-corrected chi connectivity index (χ1v) is 4.30. The van der Waals surface area contributed by atoms with Crippen LogP contribution in [-0.2, 0) is 0 Å². The van der Waals surface area contributed by atoms with Crippen LogP contribution in [0.5, 0.6) is 5.75 Å². The minimum Gasteiger partial charge on any atom is -0.486 e. The van der Waals surface area contributed by atoms with Crippen molar-refractivity contribution in [3.8, 4) is 5.75 Å². The van der Waals surface area contributed by atoms with Crippen LogP contribution in [-0.4, -0.2) is 17.4 Å². The molecule has 0 atom stereocenters. The molecular weight excluding hydrogens is 198 g/mol. The average molecular weight is 209 g/mol. The maximum absolute atomic E-state index is 10.6. The van der Waals surface area contributed by atoms with Crippen LogP contribution >= 0.6 is 0 Å². The Morgan fingerprint density at radius 1 is 1.53 bits per heavy atom. The van der Waals surface area contributed by atoms with Crippen molar-refractivity contribution in [1.29, 1.82) is 5.41 Å². The molecule has 0 aliphatic heterocycles. The number of nitrogens with zero attached hydrogens (tertiary/aromatic N) is 1. The summed E-state index contributed by atoms with van der Waals surface area (Å²) in [5.74, 6) is 0.192. The van der Waals surface area contributed by atoms with E-state index < -0.39 is 4.92 Å². The zero-order chi connectivity index (χ0) is 11.3. The van der Waals surface area contributed by atoms with Gasteiger partial charge in [0.1, 0.15) is 0 Å². The number of nitrogens with two attached hydrogens (primary N) is 1. The SMILES string of the molecule is N=C(N)CCOc1ccccc1[N+](=O)[O-]. The average Bonchev–Trinajstić information content (AvgIpc) is 2.17. The van der Waals surface area contributed by atoms with Gasteiger partial charge in [-0.05, 0) is 6.07 Å². The Morgan fingerprint density at radius 2 is 2.20 bits per heavy atom. The van der Waals surface area contributed by atoms with Crippen molar-refractivity contribution in [2.75, 3.05) is 6.61 Å². The lowest BCUT2D eigenvalue weighted by atomic mass is 10.3. The molecule has 0 radical (unpaired) electrons. The van der Waals surface area contributed by atoms with Gasteiger partial charge in [0.25, 0.3) is 0 Å². The quantitative estimate of drug-likeness (QED) is 0.330. The van der Waals surface area contributed by atoms with E-state index in [1.807, 2.05) is 0 Å². The molecule has 0 aliphatic carbocycles. The largest absolute Gasteiger partial charge is 0.486 e. The van der Waals surface area contributed by atoms with Gasteiger partial charge in [-0.2, -0.15) is 0 Å². The topological polar surface area (TPSA) is 102 Å². The van der Waals surface area contributed by atoms with E-state index in [-0.39, 0.29) is 30.3 Å². The molecule has 0 aliphatic rings. The second kappa shape index (κ2) is 4.94. The van der Waals surface area contributed by atoms with E-state index in [2.05, 4.69) is 0 Å². The summed E-state index contributed by atoms with van der Waals surface area (Å²) in [6.45, 7) is 0.167. The van der Waals surface area contributed by atoms with Crippen molar-refractivity contribution in [2.45, 2.75) is 6.42 Å². The molecule has 0 aromatic heterocycles. The number of hydrogen-bond acceptors (Lipinski definition) is 4. The molecule has 0 saturated carbocycles. The van der Waals surface area contributed by atoms with Crippen molar-refractivity contribution >= 4 is 11.5 Å². The van der Waals surface area contributed by atoms with Crippen LogP contribution in [0.3, 0.4) is 0 Å². The highest BCUT2D eigenvalue weighted by Crippen LogP contribution is 2.25. The number of amidine groups is 1. The Balaban J connectivity index is 2.67. The molecule has 0 spiro atoms. The van der Waals surface area contributed by atoms with Gasteiger partial charge in [-0.3, -0.25) is 15.5 Å². The van der Waals surface area contributed by atoms with E-state index >= 15 is 0 Å². The van der Waals surface area contributed by atoms with Gasteiger partial charge in [0, 0.05) is 12.5 Å². The third kappa shape index (κ3) is 3.26. The molecule has 1 aromatic rings. The minimum atomic E-state index is -0.511. The van der Waals surface area contributed by atoms with Gasteiger partial charge in [-0.1, -0.05) is 12.1 Å². The van der Waals surface area contributed by atoms with Crippen LogP contribution in [0.2, 0.25) is 0 Å². The van der Waals surface area contributed by atoms with Gasteiger partial charge >= 0.3 is 5.69 Å². The third-order valence-electron chi connectivity index (χ3n) is 1.69. The number of hydrogen-bond donors (Lipinski definition) is 2. The monoisotopic (exact) mass is 209 g/mol. The molecule has 6 heteroatoms. The van der Waals surface area contributed by atoms with Crippen molar-refractivity contribution in [3.05, 3.63) is 34.4 Å². The van der Waals surface area contributed by atoms with Crippen LogP contribution in [0.4, 0.5) is 5.69 Å². The van der Waals surface area contributed by atoms with Gasteiger partial charge in [0.15, 0.2) is 5.75 Å². The summed E-state index contributed by atoms with van der Waals surface area (Å²) in [6.07, 6.45) is 0.256. The minimum absolute atomic E-state index is 0.00594. The highest BCUT2D eigenvalue weighted by Gasteiger charge is 2.12. The Labute approximate surface area is 86.3 Å². The van der Waals surface area contributed by atoms with Crippen LogP contribution < -0.4 is 10.5 Å². The number of nitrogens with one attached hydrogen (secondary N) is 1. The van der Waals surface area contributed by atoms with Gasteiger partial charge in [0.05, 0.1) is 17.4 Å². The first-order chi connectivity index (χ1) is 7.11. The zero-order valence-corrected chi connectivity index (χ0v) is 7.97. The van der Waals surface area contributed by atoms with Crippen LogP contribution in [0.1, 0.15) is 6.42 Å². The molecule has 1 aromatic carbocycles. The van der Waals surface area contributed by atoms with Gasteiger partial charge in [0.2, 0.25) is 0 Å². The molecule has 0 saturated heterocycles. The van der Waals surface area contributed by atoms with Gasteiger partial charge in [-0.25, -0.2) is 0 Å². The molecule has 3 N–H and O–H groups in total. The zero-order valence-electron chi connectivity index (χ0n) is 7.97. The maximum Gasteiger partial charge on any atom is 0.310 e. The lowest BCUT2D eigenvalue weighted by molar-refractivity contribution is -0.385. The predicted octanol–water partition coefficient (Wildman–Crippen LogP) is 1.30. The molecule has 1 rings (SSSR count). The first-order valence-electron chi connectivity index (χ1n) is 4.30. The van der Waals surface area contributed by atoms with Crippen molar-refractivity contribution < 1.29 is 9.66 Å². The van der Waals surface area contributed by atoms with Crippen molar-refractivity contribution in [3.63, 3.8) is 0 Å². The van der Waals surface area contributed by atoms with E-state index in [1.165, 1.54) is 12.1 Å². The summed E-state index contributed by atoms with van der Waals surface area (Å²) in [7, 11) is 0. The van der Waals surface area contributed by atoms with E-state index in [9.17, 15) is 10.1 Å². The number of rotatable bonds is 5. The Hall–Kier alpha value is -2.11. The van der Waals surface area contributed by atoms with Crippen molar-refractivity contribution in [2.24, 2.45) is 5.73 Å². The Kier molecular flexibility index (Phi) is 3.61. The van der Waals surface area contributed by atoms with E-state index in [0.717, 1.165) is 0 Å². The molecule has 15 heavy (non-hydrogen) atoms. The fraction of sp³-hybridized carbons (Fsp3) is 0.222. The van der Waals surface area contributed by atoms with Crippen LogP contribution in [0, 0.1) is 15.5 Å². The summed E-state index contributed by atoms with van der Waals surface area (Å²) < 4.78 is 5.15. The summed E-state index contributed by atoms with van der Waals surface area (Å²) in [5, 5.41) is 17.5. The molecule has 80 valence electrons. The fourth-order valence-corrected chi connectivity index (χ4v) is 1.00. The van der Waals surface area contributed by atoms with E-state index in [1.54, 1.807) is 12.1 Å². The number of nitro benzene ring substituents is 1. The molecule has 0 bridgehead atoms. The summed E-state index contributed by atoms with van der Waals surface area (Å²) in [4.78, 5) is 10.1. The van der Waals surface area contributed by atoms with Crippen LogP contribution in [0.25, 0.3) is 0 Å². The van der Waals surface area contributed by atoms with Gasteiger partial charge < -0.3 is 10.5 Å². The van der Waals surface area contributed by atoms with Gasteiger partial charge in [-0.15, -0.1) is 0 Å². The standard InChI is InChI=1S/C9H11N3O3/c10-9(11)5-6-15-8-4-2-1-3-7(8)12(13)14/h1-4H,5-6H2,(H3,10,11). The van der Waals surface area contributed by atoms with Crippen molar-refractivity contribution in [1.82, 2.24) is 0 Å². The van der Waals surface area contributed by atoms with E-state index in [4.69, 9.17) is 15.9 Å². The second-order valence-electron chi connectivity index (χ2n) is 2.85. The maximum atomic E-state index is 10.6. The number of nitro groups is 1. The molecule has 0 amide bonds. The van der Waals surface area contributed by atoms with Crippen LogP contribution in [0.15, 0.2) is 24.3 Å². The first kappa shape index (κ1) is 11.0. The number of para-hydroxylation sites is 2. The fourth-order valence-electron chi connectivity index (χ4n) is 1.00. The molecule has 6 nitrogen and oxygen atoms in total. The lowest BCUT2D eigenvalue weighted by Gasteiger charge is -2.05. The third-order valence-corrected chi connectivity index (χ3v) is 1.69.